The Bertz CT molecular complexity index is 135. The van der Waals surface area contributed by atoms with Crippen molar-refractivity contribution in [2.24, 2.45) is 0 Å². The van der Waals surface area contributed by atoms with Crippen LogP contribution in [0.1, 0.15) is 13.3 Å². The van der Waals surface area contributed by atoms with Gasteiger partial charge in [-0.25, -0.2) is 0 Å². The van der Waals surface area contributed by atoms with Gasteiger partial charge in [-0.15, -0.1) is 0 Å². The normalized spacial score (nSPS) is 11.8. The van der Waals surface area contributed by atoms with Crippen molar-refractivity contribution in [3.63, 3.8) is 0 Å². The summed E-state index contributed by atoms with van der Waals surface area (Å²) in [6, 6.07) is 0. The highest BCUT2D eigenvalue weighted by Gasteiger charge is 1.89. The van der Waals surface area contributed by atoms with Gasteiger partial charge >= 0.3 is 0 Å². The summed E-state index contributed by atoms with van der Waals surface area (Å²) in [5.74, 6) is 0. The lowest BCUT2D eigenvalue weighted by Crippen LogP contribution is -1.94. The van der Waals surface area contributed by atoms with Crippen LogP contribution in [0, 0.1) is 0 Å². The fourth-order valence-electron chi connectivity index (χ4n) is 0.189. The van der Waals surface area contributed by atoms with E-state index in [4.69, 9.17) is 26.6 Å². The van der Waals surface area contributed by atoms with Crippen molar-refractivity contribution >= 4 is 40.5 Å². The lowest BCUT2D eigenvalue weighted by Gasteiger charge is -1.99. The molecule has 0 fully saturated rings. The minimum atomic E-state index is -1.83. The molecule has 8 heavy (non-hydrogen) atoms. The maximum atomic E-state index is 4.96. The van der Waals surface area contributed by atoms with Crippen LogP contribution in [0.3, 0.4) is 0 Å². The first-order valence-electron chi connectivity index (χ1n) is 2.18. The predicted molar refractivity (Wildman–Crippen MR) is 47.3 cm³/mol. The molecule has 50 valence electrons. The summed E-state index contributed by atoms with van der Waals surface area (Å²) < 4.78 is 4.96. The Morgan fingerprint density at radius 3 is 2.25 bits per heavy atom. The number of hydrogen-bond acceptors (Lipinski definition) is 3. The van der Waals surface area contributed by atoms with E-state index in [2.05, 4.69) is 11.7 Å². The average molecular weight is 188 g/mol. The van der Waals surface area contributed by atoms with Crippen molar-refractivity contribution in [3.05, 3.63) is 0 Å². The van der Waals surface area contributed by atoms with Crippen LogP contribution < -0.4 is 0 Å². The average Bonchev–Trinajstić information content (AvgIpc) is 1.59. The van der Waals surface area contributed by atoms with Crippen molar-refractivity contribution in [1.82, 2.24) is 0 Å². The highest BCUT2D eigenvalue weighted by Crippen LogP contribution is 1.99. The minimum Gasteiger partial charge on any atom is -0.302 e. The quantitative estimate of drug-likeness (QED) is 0.528. The van der Waals surface area contributed by atoms with E-state index in [-0.39, 0.29) is 0 Å². The first kappa shape index (κ1) is 9.10. The van der Waals surface area contributed by atoms with E-state index in [0.29, 0.717) is 6.61 Å². The zero-order chi connectivity index (χ0) is 6.62. The Morgan fingerprint density at radius 1 is 1.62 bits per heavy atom. The first-order chi connectivity index (χ1) is 3.56. The number of rotatable bonds is 3. The van der Waals surface area contributed by atoms with Crippen LogP contribution in [-0.4, -0.2) is 6.61 Å². The van der Waals surface area contributed by atoms with E-state index in [9.17, 15) is 0 Å². The molecular weight excluding hydrogens is 180 g/mol. The van der Waals surface area contributed by atoms with Crippen LogP contribution in [-0.2, 0) is 33.0 Å². The molecule has 0 aromatic rings. The van der Waals surface area contributed by atoms with Gasteiger partial charge in [0.25, 0.3) is 0 Å². The van der Waals surface area contributed by atoms with Crippen LogP contribution in [0.4, 0.5) is 0 Å². The van der Waals surface area contributed by atoms with E-state index < -0.39 is 6.46 Å². The molecule has 0 aliphatic heterocycles. The van der Waals surface area contributed by atoms with E-state index in [1.807, 2.05) is 6.92 Å². The second-order valence-electron chi connectivity index (χ2n) is 1.25. The number of thiol groups is 1. The highest BCUT2D eigenvalue weighted by molar-refractivity contribution is 8.91. The standard InChI is InChI=1S/C3H8OS4/c1-2-3-4-8(5,6)7/h2-3H2,1H3,(H,5,6,7). The molecule has 1 nitrogen and oxygen atoms in total. The third-order valence-electron chi connectivity index (χ3n) is 0.436. The third kappa shape index (κ3) is 7.10. The SMILES string of the molecule is CCCOS(=S)(=S)S. The first-order valence-corrected chi connectivity index (χ1v) is 6.64. The Balaban J connectivity index is 3.42. The van der Waals surface area contributed by atoms with E-state index >= 15 is 0 Å². The molecule has 0 rings (SSSR count). The zero-order valence-corrected chi connectivity index (χ0v) is 7.84. The van der Waals surface area contributed by atoms with Gasteiger partial charge in [-0.05, 0) is 28.8 Å². The fourth-order valence-corrected chi connectivity index (χ4v) is 1.20. The molecule has 0 aliphatic rings. The van der Waals surface area contributed by atoms with Gasteiger partial charge in [0, 0.05) is 0 Å². The fraction of sp³-hybridized carbons (Fsp3) is 1.00. The molecule has 0 bridgehead atoms. The molecule has 0 saturated carbocycles. The molecule has 0 heterocycles. The van der Waals surface area contributed by atoms with Crippen molar-refractivity contribution in [2.75, 3.05) is 6.61 Å². The molecule has 5 heteroatoms. The molecule has 0 amide bonds. The molecule has 0 unspecified atom stereocenters. The molecule has 0 atom stereocenters. The van der Waals surface area contributed by atoms with Gasteiger partial charge in [-0.1, -0.05) is 18.6 Å². The summed E-state index contributed by atoms with van der Waals surface area (Å²) in [6.07, 6.45) is 0.947. The predicted octanol–water partition coefficient (Wildman–Crippen LogP) is 1.25. The van der Waals surface area contributed by atoms with Gasteiger partial charge in [-0.2, -0.15) is 0 Å². The topological polar surface area (TPSA) is 9.23 Å². The molecule has 0 radical (unpaired) electrons. The molecule has 0 spiro atoms. The molecule has 0 aromatic carbocycles. The van der Waals surface area contributed by atoms with Crippen molar-refractivity contribution < 1.29 is 4.18 Å². The smallest absolute Gasteiger partial charge is 0.0679 e. The van der Waals surface area contributed by atoms with Crippen LogP contribution in [0.5, 0.6) is 0 Å². The van der Waals surface area contributed by atoms with Crippen molar-refractivity contribution in [2.45, 2.75) is 13.3 Å². The summed E-state index contributed by atoms with van der Waals surface area (Å²) >= 11 is 13.3. The Morgan fingerprint density at radius 2 is 2.12 bits per heavy atom. The zero-order valence-electron chi connectivity index (χ0n) is 4.49. The van der Waals surface area contributed by atoms with E-state index in [1.165, 1.54) is 0 Å². The van der Waals surface area contributed by atoms with Gasteiger partial charge in [0.05, 0.1) is 13.1 Å². The number of hydrogen-bond donors (Lipinski definition) is 1. The van der Waals surface area contributed by atoms with Crippen LogP contribution in [0.25, 0.3) is 0 Å². The van der Waals surface area contributed by atoms with Gasteiger partial charge in [0.2, 0.25) is 0 Å². The maximum Gasteiger partial charge on any atom is 0.0679 e. The van der Waals surface area contributed by atoms with Gasteiger partial charge in [0.15, 0.2) is 0 Å². The molecule has 0 N–H and O–H groups in total. The minimum absolute atomic E-state index is 0.631. The van der Waals surface area contributed by atoms with Crippen LogP contribution >= 0.6 is 11.7 Å². The summed E-state index contributed by atoms with van der Waals surface area (Å²) in [5, 5.41) is 0. The summed E-state index contributed by atoms with van der Waals surface area (Å²) in [7, 11) is 0. The lowest BCUT2D eigenvalue weighted by atomic mass is 10.5. The molecular formula is C3H8OS4. The second-order valence-corrected chi connectivity index (χ2v) is 8.82. The Kier molecular flexibility index (Phi) is 4.55. The third-order valence-corrected chi connectivity index (χ3v) is 1.79. The van der Waals surface area contributed by atoms with Gasteiger partial charge in [-0.3, -0.25) is 0 Å². The van der Waals surface area contributed by atoms with Crippen LogP contribution in [0.15, 0.2) is 0 Å². The van der Waals surface area contributed by atoms with E-state index in [1.54, 1.807) is 0 Å². The molecule has 0 aliphatic carbocycles. The van der Waals surface area contributed by atoms with Crippen molar-refractivity contribution in [3.8, 4) is 0 Å². The van der Waals surface area contributed by atoms with E-state index in [0.717, 1.165) is 6.42 Å². The maximum absolute atomic E-state index is 4.96. The van der Waals surface area contributed by atoms with Gasteiger partial charge < -0.3 is 4.18 Å². The Labute approximate surface area is 64.6 Å². The van der Waals surface area contributed by atoms with Gasteiger partial charge in [0.1, 0.15) is 0 Å². The lowest BCUT2D eigenvalue weighted by molar-refractivity contribution is 0.374. The molecule has 0 saturated heterocycles. The summed E-state index contributed by atoms with van der Waals surface area (Å²) in [4.78, 5) is 0. The monoisotopic (exact) mass is 188 g/mol. The summed E-state index contributed by atoms with van der Waals surface area (Å²) in [6.45, 7) is 0.809. The molecule has 0 aromatic heterocycles. The Hall–Kier alpha value is 1.10. The largest absolute Gasteiger partial charge is 0.302 e. The highest BCUT2D eigenvalue weighted by atomic mass is 33.5. The summed E-state index contributed by atoms with van der Waals surface area (Å²) in [5.41, 5.74) is 0. The van der Waals surface area contributed by atoms with Crippen molar-refractivity contribution in [1.29, 1.82) is 0 Å². The second kappa shape index (κ2) is 4.00. The van der Waals surface area contributed by atoms with Crippen LogP contribution in [0.2, 0.25) is 0 Å².